The van der Waals surface area contributed by atoms with Gasteiger partial charge in [-0.1, -0.05) is 30.3 Å². The summed E-state index contributed by atoms with van der Waals surface area (Å²) in [6.07, 6.45) is 1.92. The molecule has 0 fully saturated rings. The summed E-state index contributed by atoms with van der Waals surface area (Å²) in [6, 6.07) is 13.3. The van der Waals surface area contributed by atoms with Crippen LogP contribution in [0.15, 0.2) is 54.6 Å². The summed E-state index contributed by atoms with van der Waals surface area (Å²) >= 11 is 0. The number of ketones is 1. The van der Waals surface area contributed by atoms with E-state index in [9.17, 15) is 14.0 Å². The topological polar surface area (TPSA) is 52.6 Å². The lowest BCUT2D eigenvalue weighted by Crippen LogP contribution is -2.34. The Morgan fingerprint density at radius 3 is 2.52 bits per heavy atom. The van der Waals surface area contributed by atoms with Gasteiger partial charge in [0.15, 0.2) is 5.78 Å². The molecule has 3 rings (SSSR count). The molecule has 0 spiro atoms. The largest absolute Gasteiger partial charge is 0.496 e. The zero-order chi connectivity index (χ0) is 19.4. The zero-order valence-corrected chi connectivity index (χ0v) is 15.3. The van der Waals surface area contributed by atoms with E-state index in [0.29, 0.717) is 12.2 Å². The summed E-state index contributed by atoms with van der Waals surface area (Å²) < 4.78 is 23.9. The Morgan fingerprint density at radius 1 is 1.15 bits per heavy atom. The van der Waals surface area contributed by atoms with Crippen LogP contribution < -0.4 is 4.74 Å². The van der Waals surface area contributed by atoms with Crippen LogP contribution in [0.1, 0.15) is 30.4 Å². The van der Waals surface area contributed by atoms with E-state index in [4.69, 9.17) is 9.47 Å². The summed E-state index contributed by atoms with van der Waals surface area (Å²) in [6.45, 7) is 1.92. The summed E-state index contributed by atoms with van der Waals surface area (Å²) in [4.78, 5) is 25.4. The number of ether oxygens (including phenoxy) is 2. The quantitative estimate of drug-likeness (QED) is 0.588. The molecule has 140 valence electrons. The van der Waals surface area contributed by atoms with Gasteiger partial charge in [0.25, 0.3) is 0 Å². The molecule has 0 N–H and O–H groups in total. The van der Waals surface area contributed by atoms with Crippen molar-refractivity contribution in [2.45, 2.75) is 19.3 Å². The maximum atomic E-state index is 13.3. The number of halogens is 1. The van der Waals surface area contributed by atoms with Crippen molar-refractivity contribution >= 4 is 17.3 Å². The molecule has 0 saturated heterocycles. The maximum Gasteiger partial charge on any atom is 0.317 e. The molecule has 1 aliphatic carbocycles. The monoisotopic (exact) mass is 368 g/mol. The van der Waals surface area contributed by atoms with Crippen LogP contribution in [0.25, 0.3) is 5.57 Å². The van der Waals surface area contributed by atoms with Crippen molar-refractivity contribution in [2.24, 2.45) is 5.92 Å². The van der Waals surface area contributed by atoms with Crippen molar-refractivity contribution in [1.29, 1.82) is 0 Å². The average Bonchev–Trinajstić information content (AvgIpc) is 2.68. The predicted molar refractivity (Wildman–Crippen MR) is 99.9 cm³/mol. The highest BCUT2D eigenvalue weighted by atomic mass is 19.1. The van der Waals surface area contributed by atoms with Crippen molar-refractivity contribution < 1.29 is 23.5 Å². The standard InChI is InChI=1S/C22H21FO4/c1-3-27-22(25)21-18(17-6-4-5-7-20(17)26-2)12-15(13-19(21)24)14-8-10-16(23)11-9-14/h4-11,13,18,21H,3,12H2,1-2H3. The van der Waals surface area contributed by atoms with Gasteiger partial charge >= 0.3 is 5.97 Å². The van der Waals surface area contributed by atoms with E-state index in [0.717, 1.165) is 16.7 Å². The van der Waals surface area contributed by atoms with E-state index >= 15 is 0 Å². The molecule has 0 aliphatic heterocycles. The van der Waals surface area contributed by atoms with Gasteiger partial charge in [0.1, 0.15) is 17.5 Å². The Morgan fingerprint density at radius 2 is 1.85 bits per heavy atom. The third kappa shape index (κ3) is 3.92. The van der Waals surface area contributed by atoms with Crippen LogP contribution in [0.4, 0.5) is 4.39 Å². The molecule has 0 aromatic heterocycles. The van der Waals surface area contributed by atoms with E-state index in [1.165, 1.54) is 18.2 Å². The number of esters is 1. The first-order valence-electron chi connectivity index (χ1n) is 8.85. The fourth-order valence-corrected chi connectivity index (χ4v) is 3.51. The van der Waals surface area contributed by atoms with E-state index < -0.39 is 17.8 Å². The van der Waals surface area contributed by atoms with E-state index in [2.05, 4.69) is 0 Å². The second kappa shape index (κ2) is 8.16. The fourth-order valence-electron chi connectivity index (χ4n) is 3.51. The minimum atomic E-state index is -0.926. The molecule has 1 aliphatic rings. The molecule has 0 radical (unpaired) electrons. The molecule has 0 saturated carbocycles. The normalized spacial score (nSPS) is 19.4. The lowest BCUT2D eigenvalue weighted by Gasteiger charge is -2.30. The molecule has 2 aromatic carbocycles. The Balaban J connectivity index is 2.06. The third-order valence-electron chi connectivity index (χ3n) is 4.76. The van der Waals surface area contributed by atoms with Gasteiger partial charge in [0, 0.05) is 5.92 Å². The lowest BCUT2D eigenvalue weighted by molar-refractivity contribution is -0.151. The van der Waals surface area contributed by atoms with Gasteiger partial charge in [-0.05, 0) is 54.3 Å². The number of methoxy groups -OCH3 is 1. The van der Waals surface area contributed by atoms with E-state index in [-0.39, 0.29) is 18.2 Å². The molecule has 4 nitrogen and oxygen atoms in total. The smallest absolute Gasteiger partial charge is 0.317 e. The average molecular weight is 368 g/mol. The SMILES string of the molecule is CCOC(=O)C1C(=O)C=C(c2ccc(F)cc2)CC1c1ccccc1OC. The van der Waals surface area contributed by atoms with Crippen LogP contribution in [0.3, 0.4) is 0 Å². The Kier molecular flexibility index (Phi) is 5.69. The first-order valence-corrected chi connectivity index (χ1v) is 8.85. The molecular weight excluding hydrogens is 347 g/mol. The summed E-state index contributed by atoms with van der Waals surface area (Å²) in [5.41, 5.74) is 2.29. The third-order valence-corrected chi connectivity index (χ3v) is 4.76. The van der Waals surface area contributed by atoms with Crippen LogP contribution in [0.5, 0.6) is 5.75 Å². The van der Waals surface area contributed by atoms with Gasteiger partial charge in [-0.15, -0.1) is 0 Å². The molecule has 2 atom stereocenters. The van der Waals surface area contributed by atoms with Gasteiger partial charge in [-0.3, -0.25) is 9.59 Å². The van der Waals surface area contributed by atoms with Crippen LogP contribution in [-0.4, -0.2) is 25.5 Å². The Bertz CT molecular complexity index is 870. The number of hydrogen-bond donors (Lipinski definition) is 0. The highest BCUT2D eigenvalue weighted by Crippen LogP contribution is 2.43. The Hall–Kier alpha value is -2.95. The van der Waals surface area contributed by atoms with Gasteiger partial charge < -0.3 is 9.47 Å². The summed E-state index contributed by atoms with van der Waals surface area (Å²) in [5, 5.41) is 0. The number of carbonyl (C=O) groups excluding carboxylic acids is 2. The van der Waals surface area contributed by atoms with E-state index in [1.807, 2.05) is 18.2 Å². The molecule has 0 amide bonds. The van der Waals surface area contributed by atoms with Crippen molar-refractivity contribution in [3.63, 3.8) is 0 Å². The second-order valence-corrected chi connectivity index (χ2v) is 6.36. The first-order chi connectivity index (χ1) is 13.0. The second-order valence-electron chi connectivity index (χ2n) is 6.36. The lowest BCUT2D eigenvalue weighted by atomic mass is 9.73. The number of benzene rings is 2. The zero-order valence-electron chi connectivity index (χ0n) is 15.3. The summed E-state index contributed by atoms with van der Waals surface area (Å²) in [5.74, 6) is -1.91. The van der Waals surface area contributed by atoms with Gasteiger partial charge in [0.2, 0.25) is 0 Å². The molecule has 2 unspecified atom stereocenters. The maximum absolute atomic E-state index is 13.3. The molecule has 5 heteroatoms. The molecule has 0 bridgehead atoms. The van der Waals surface area contributed by atoms with Crippen LogP contribution in [-0.2, 0) is 14.3 Å². The number of para-hydroxylation sites is 1. The fraction of sp³-hybridized carbons (Fsp3) is 0.273. The van der Waals surface area contributed by atoms with Crippen molar-refractivity contribution in [3.8, 4) is 5.75 Å². The molecular formula is C22H21FO4. The van der Waals surface area contributed by atoms with Gasteiger partial charge in [-0.2, -0.15) is 0 Å². The van der Waals surface area contributed by atoms with Crippen molar-refractivity contribution in [1.82, 2.24) is 0 Å². The number of rotatable bonds is 5. The minimum absolute atomic E-state index is 0.204. The van der Waals surface area contributed by atoms with Crippen molar-refractivity contribution in [2.75, 3.05) is 13.7 Å². The molecule has 0 heterocycles. The van der Waals surface area contributed by atoms with Crippen LogP contribution >= 0.6 is 0 Å². The molecule has 27 heavy (non-hydrogen) atoms. The first kappa shape index (κ1) is 18.8. The van der Waals surface area contributed by atoms with Crippen LogP contribution in [0.2, 0.25) is 0 Å². The van der Waals surface area contributed by atoms with Crippen LogP contribution in [0, 0.1) is 11.7 Å². The highest BCUT2D eigenvalue weighted by Gasteiger charge is 2.40. The van der Waals surface area contributed by atoms with Crippen molar-refractivity contribution in [3.05, 3.63) is 71.6 Å². The summed E-state index contributed by atoms with van der Waals surface area (Å²) in [7, 11) is 1.56. The van der Waals surface area contributed by atoms with E-state index in [1.54, 1.807) is 32.2 Å². The minimum Gasteiger partial charge on any atom is -0.496 e. The number of carbonyl (C=O) groups is 2. The highest BCUT2D eigenvalue weighted by molar-refractivity contribution is 6.10. The Labute approximate surface area is 157 Å². The van der Waals surface area contributed by atoms with Gasteiger partial charge in [0.05, 0.1) is 13.7 Å². The number of allylic oxidation sites excluding steroid dienone is 2. The number of hydrogen-bond acceptors (Lipinski definition) is 4. The predicted octanol–water partition coefficient (Wildman–Crippen LogP) is 4.15. The molecule has 2 aromatic rings. The van der Waals surface area contributed by atoms with Gasteiger partial charge in [-0.25, -0.2) is 4.39 Å².